The molecule has 0 amide bonds. The lowest BCUT2D eigenvalue weighted by Gasteiger charge is -2.34. The third-order valence-corrected chi connectivity index (χ3v) is 5.58. The van der Waals surface area contributed by atoms with E-state index in [1.807, 2.05) is 24.4 Å². The molecule has 1 saturated heterocycles. The van der Waals surface area contributed by atoms with Gasteiger partial charge in [-0.2, -0.15) is 0 Å². The summed E-state index contributed by atoms with van der Waals surface area (Å²) >= 11 is 0. The number of H-pyrrole nitrogens is 2. The van der Waals surface area contributed by atoms with E-state index in [-0.39, 0.29) is 6.04 Å². The molecule has 0 spiro atoms. The van der Waals surface area contributed by atoms with Crippen LogP contribution in [0.5, 0.6) is 5.75 Å². The Morgan fingerprint density at radius 3 is 3.07 bits per heavy atom. The molecule has 1 aliphatic heterocycles. The van der Waals surface area contributed by atoms with Gasteiger partial charge in [-0.3, -0.25) is 4.90 Å². The molecule has 2 N–H and O–H groups in total. The Balaban J connectivity index is 1.41. The molecule has 0 radical (unpaired) electrons. The smallest absolute Gasteiger partial charge is 0.126 e. The van der Waals surface area contributed by atoms with Crippen molar-refractivity contribution in [1.29, 1.82) is 0 Å². The molecule has 148 valence electrons. The third-order valence-electron chi connectivity index (χ3n) is 5.58. The van der Waals surface area contributed by atoms with Gasteiger partial charge in [0.1, 0.15) is 11.6 Å². The molecule has 1 unspecified atom stereocenters. The van der Waals surface area contributed by atoms with Gasteiger partial charge in [0, 0.05) is 35.8 Å². The molecule has 4 aromatic rings. The molecule has 3 heterocycles. The van der Waals surface area contributed by atoms with Crippen molar-refractivity contribution in [3.05, 3.63) is 72.3 Å². The van der Waals surface area contributed by atoms with Gasteiger partial charge in [0.05, 0.1) is 38.3 Å². The third kappa shape index (κ3) is 3.52. The first-order valence-electron chi connectivity index (χ1n) is 9.88. The molecule has 1 aliphatic rings. The number of imidazole rings is 1. The minimum Gasteiger partial charge on any atom is -0.497 e. The number of rotatable bonds is 5. The highest BCUT2D eigenvalue weighted by Crippen LogP contribution is 2.29. The Morgan fingerprint density at radius 2 is 2.14 bits per heavy atom. The fraction of sp³-hybridized carbons (Fsp3) is 0.261. The number of aromatic nitrogens is 3. The molecule has 1 atom stereocenters. The zero-order valence-electron chi connectivity index (χ0n) is 16.4. The summed E-state index contributed by atoms with van der Waals surface area (Å²) in [5, 5.41) is 1.27. The number of nitrogens with zero attached hydrogens (tertiary/aromatic N) is 2. The average molecular weight is 388 g/mol. The van der Waals surface area contributed by atoms with E-state index in [1.165, 1.54) is 16.5 Å². The lowest BCUT2D eigenvalue weighted by atomic mass is 10.1. The Labute approximate surface area is 169 Å². The molecule has 2 aromatic carbocycles. The molecule has 2 aromatic heterocycles. The molecular weight excluding hydrogens is 364 g/mol. The predicted molar refractivity (Wildman–Crippen MR) is 113 cm³/mol. The second kappa shape index (κ2) is 7.73. The maximum Gasteiger partial charge on any atom is 0.126 e. The van der Waals surface area contributed by atoms with E-state index >= 15 is 0 Å². The van der Waals surface area contributed by atoms with Crippen molar-refractivity contribution in [2.75, 3.05) is 26.9 Å². The zero-order valence-corrected chi connectivity index (χ0v) is 16.4. The highest BCUT2D eigenvalue weighted by Gasteiger charge is 2.27. The second-order valence-electron chi connectivity index (χ2n) is 7.33. The maximum atomic E-state index is 5.80. The van der Waals surface area contributed by atoms with Crippen LogP contribution in [0.15, 0.2) is 60.9 Å². The van der Waals surface area contributed by atoms with E-state index in [2.05, 4.69) is 56.4 Å². The normalized spacial score (nSPS) is 17.6. The molecule has 5 rings (SSSR count). The summed E-state index contributed by atoms with van der Waals surface area (Å²) in [5.41, 5.74) is 4.51. The standard InChI is InChI=1S/C23H24N4O2/c1-28-18-6-4-5-16(11-18)21-13-25-23(26-21)22-15-29-10-9-27(22)14-17-12-24-20-8-3-2-7-19(17)20/h2-8,11-13,22,24H,9-10,14-15H2,1H3,(H,25,26). The van der Waals surface area contributed by atoms with Gasteiger partial charge in [0.2, 0.25) is 0 Å². The summed E-state index contributed by atoms with van der Waals surface area (Å²) in [4.78, 5) is 14.0. The molecule has 29 heavy (non-hydrogen) atoms. The van der Waals surface area contributed by atoms with E-state index in [0.717, 1.165) is 42.5 Å². The summed E-state index contributed by atoms with van der Waals surface area (Å²) in [5.74, 6) is 1.77. The van der Waals surface area contributed by atoms with Gasteiger partial charge in [-0.15, -0.1) is 0 Å². The number of para-hydroxylation sites is 1. The molecule has 1 fully saturated rings. The summed E-state index contributed by atoms with van der Waals surface area (Å²) < 4.78 is 11.1. The number of fused-ring (bicyclic) bond motifs is 1. The number of morpholine rings is 1. The molecule has 6 nitrogen and oxygen atoms in total. The number of ether oxygens (including phenoxy) is 2. The minimum atomic E-state index is 0.0942. The monoisotopic (exact) mass is 388 g/mol. The molecule has 0 saturated carbocycles. The number of hydrogen-bond donors (Lipinski definition) is 2. The number of hydrogen-bond acceptors (Lipinski definition) is 4. The van der Waals surface area contributed by atoms with Crippen molar-refractivity contribution in [2.45, 2.75) is 12.6 Å². The van der Waals surface area contributed by atoms with E-state index < -0.39 is 0 Å². The summed E-state index contributed by atoms with van der Waals surface area (Å²) in [7, 11) is 1.68. The molecule has 0 bridgehead atoms. The SMILES string of the molecule is COc1cccc(-c2cnc(C3COCCN3Cc3c[nH]c4ccccc34)[nH]2)c1. The van der Waals surface area contributed by atoms with Crippen LogP contribution >= 0.6 is 0 Å². The quantitative estimate of drug-likeness (QED) is 0.539. The number of methoxy groups -OCH3 is 1. The number of aromatic amines is 2. The second-order valence-corrected chi connectivity index (χ2v) is 7.33. The van der Waals surface area contributed by atoms with Crippen LogP contribution in [0, 0.1) is 0 Å². The van der Waals surface area contributed by atoms with E-state index in [9.17, 15) is 0 Å². The van der Waals surface area contributed by atoms with Crippen LogP contribution in [0.1, 0.15) is 17.4 Å². The van der Waals surface area contributed by atoms with Gasteiger partial charge in [0.15, 0.2) is 0 Å². The fourth-order valence-corrected chi connectivity index (χ4v) is 4.00. The molecular formula is C23H24N4O2. The summed E-state index contributed by atoms with van der Waals surface area (Å²) in [6.07, 6.45) is 4.00. The van der Waals surface area contributed by atoms with Crippen LogP contribution < -0.4 is 4.74 Å². The Morgan fingerprint density at radius 1 is 1.21 bits per heavy atom. The van der Waals surface area contributed by atoms with Crippen molar-refractivity contribution < 1.29 is 9.47 Å². The van der Waals surface area contributed by atoms with Crippen LogP contribution in [0.25, 0.3) is 22.2 Å². The predicted octanol–water partition coefficient (Wildman–Crippen LogP) is 4.14. The van der Waals surface area contributed by atoms with Crippen molar-refractivity contribution >= 4 is 10.9 Å². The van der Waals surface area contributed by atoms with Gasteiger partial charge < -0.3 is 19.4 Å². The summed E-state index contributed by atoms with van der Waals surface area (Å²) in [6, 6.07) is 16.5. The maximum absolute atomic E-state index is 5.80. The summed E-state index contributed by atoms with van der Waals surface area (Å²) in [6.45, 7) is 3.10. The Hall–Kier alpha value is -3.09. The Kier molecular flexibility index (Phi) is 4.79. The minimum absolute atomic E-state index is 0.0942. The molecule has 0 aliphatic carbocycles. The van der Waals surface area contributed by atoms with E-state index in [1.54, 1.807) is 7.11 Å². The first-order valence-corrected chi connectivity index (χ1v) is 9.88. The Bertz CT molecular complexity index is 1120. The van der Waals surface area contributed by atoms with Gasteiger partial charge in [0.25, 0.3) is 0 Å². The van der Waals surface area contributed by atoms with Gasteiger partial charge >= 0.3 is 0 Å². The largest absolute Gasteiger partial charge is 0.497 e. The zero-order chi connectivity index (χ0) is 19.6. The first-order chi connectivity index (χ1) is 14.3. The lowest BCUT2D eigenvalue weighted by molar-refractivity contribution is -0.0154. The van der Waals surface area contributed by atoms with Crippen LogP contribution in [0.4, 0.5) is 0 Å². The lowest BCUT2D eigenvalue weighted by Crippen LogP contribution is -2.39. The fourth-order valence-electron chi connectivity index (χ4n) is 4.00. The average Bonchev–Trinajstić information content (AvgIpc) is 3.42. The van der Waals surface area contributed by atoms with Gasteiger partial charge in [-0.05, 0) is 23.8 Å². The topological polar surface area (TPSA) is 66.2 Å². The van der Waals surface area contributed by atoms with Crippen LogP contribution in [0.3, 0.4) is 0 Å². The van der Waals surface area contributed by atoms with E-state index in [0.29, 0.717) is 6.61 Å². The highest BCUT2D eigenvalue weighted by molar-refractivity contribution is 5.83. The van der Waals surface area contributed by atoms with Crippen molar-refractivity contribution in [3.63, 3.8) is 0 Å². The van der Waals surface area contributed by atoms with Crippen LogP contribution in [-0.4, -0.2) is 46.7 Å². The van der Waals surface area contributed by atoms with Crippen LogP contribution in [-0.2, 0) is 11.3 Å². The van der Waals surface area contributed by atoms with Crippen molar-refractivity contribution in [3.8, 4) is 17.0 Å². The molecule has 6 heteroatoms. The van der Waals surface area contributed by atoms with Gasteiger partial charge in [-0.1, -0.05) is 30.3 Å². The number of nitrogens with one attached hydrogen (secondary N) is 2. The van der Waals surface area contributed by atoms with Gasteiger partial charge in [-0.25, -0.2) is 4.98 Å². The van der Waals surface area contributed by atoms with Crippen molar-refractivity contribution in [1.82, 2.24) is 19.9 Å². The first kappa shape index (κ1) is 18.0. The van der Waals surface area contributed by atoms with E-state index in [4.69, 9.17) is 9.47 Å². The van der Waals surface area contributed by atoms with Crippen LogP contribution in [0.2, 0.25) is 0 Å². The highest BCUT2D eigenvalue weighted by atomic mass is 16.5. The number of benzene rings is 2. The van der Waals surface area contributed by atoms with Crippen molar-refractivity contribution in [2.24, 2.45) is 0 Å².